The molecule has 0 saturated heterocycles. The van der Waals surface area contributed by atoms with Gasteiger partial charge in [-0.25, -0.2) is 9.13 Å². The molecule has 6 atom stereocenters. The molecule has 0 heterocycles. The summed E-state index contributed by atoms with van der Waals surface area (Å²) in [5.74, 6) is -0.0152. The summed E-state index contributed by atoms with van der Waals surface area (Å²) < 4.78 is 68.1. The fraction of sp³-hybridized carbons (Fsp3) is 0.882. The minimum Gasteiger partial charge on any atom is -0.462 e. The Morgan fingerprint density at radius 1 is 0.379 bits per heavy atom. The van der Waals surface area contributed by atoms with E-state index in [4.69, 9.17) is 37.0 Å². The summed E-state index contributed by atoms with van der Waals surface area (Å²) in [6.45, 7) is 11.6. The van der Waals surface area contributed by atoms with Crippen molar-refractivity contribution in [3.63, 3.8) is 0 Å². The number of esters is 4. The summed E-state index contributed by atoms with van der Waals surface area (Å²) in [5, 5.41) is 10.6. The lowest BCUT2D eigenvalue weighted by Crippen LogP contribution is -2.30. The molecule has 512 valence electrons. The molecule has 0 radical (unpaired) electrons. The molecular formula is C68H128O17P2. The second-order valence-electron chi connectivity index (χ2n) is 25.1. The van der Waals surface area contributed by atoms with Crippen LogP contribution >= 0.6 is 15.6 Å². The van der Waals surface area contributed by atoms with Crippen molar-refractivity contribution in [1.82, 2.24) is 0 Å². The number of carbonyl (C=O) groups excluding carboxylic acids is 4. The first-order valence-electron chi connectivity index (χ1n) is 34.7. The van der Waals surface area contributed by atoms with E-state index < -0.39 is 97.5 Å². The molecule has 0 aliphatic heterocycles. The summed E-state index contributed by atoms with van der Waals surface area (Å²) in [7, 11) is -9.91. The smallest absolute Gasteiger partial charge is 0.462 e. The summed E-state index contributed by atoms with van der Waals surface area (Å²) in [4.78, 5) is 72.3. The van der Waals surface area contributed by atoms with Gasteiger partial charge < -0.3 is 33.8 Å². The monoisotopic (exact) mass is 1280 g/mol. The zero-order valence-corrected chi connectivity index (χ0v) is 57.7. The number of phosphoric acid groups is 2. The van der Waals surface area contributed by atoms with Crippen molar-refractivity contribution in [1.29, 1.82) is 0 Å². The number of hydrogen-bond acceptors (Lipinski definition) is 15. The maximum absolute atomic E-state index is 13.0. The molecular weight excluding hydrogens is 1150 g/mol. The standard InChI is InChI=1S/C68H128O17P2/c1-8-10-11-12-13-14-15-16-17-18-19-24-27-37-44-51-67(72)84-63(56-79-66(71)50-43-36-30-28-32-39-46-59(3)4)57-82-86(74,75)80-53-62(69)54-81-87(76,77)83-58-64(85-68(73)52-45-38-31-29-33-40-47-60(5)6)55-78-65(70)49-42-35-26-23-21-20-22-25-34-41-48-61(7)9-2/h14-17,59-64,69H,8-13,18-58H2,1-7H3,(H,74,75)(H,76,77)/b15-14-,17-16-/t61?,62-,63+,64+/m0/s1. The van der Waals surface area contributed by atoms with E-state index in [0.717, 1.165) is 115 Å². The van der Waals surface area contributed by atoms with Crippen LogP contribution in [0.5, 0.6) is 0 Å². The van der Waals surface area contributed by atoms with Crippen molar-refractivity contribution in [3.8, 4) is 0 Å². The molecule has 0 amide bonds. The molecule has 0 rings (SSSR count). The van der Waals surface area contributed by atoms with E-state index in [1.54, 1.807) is 0 Å². The third-order valence-corrected chi connectivity index (χ3v) is 17.3. The second-order valence-corrected chi connectivity index (χ2v) is 28.0. The van der Waals surface area contributed by atoms with Gasteiger partial charge in [-0.1, -0.05) is 259 Å². The summed E-state index contributed by atoms with van der Waals surface area (Å²) in [5.41, 5.74) is 0. The van der Waals surface area contributed by atoms with Crippen LogP contribution in [-0.2, 0) is 65.4 Å². The van der Waals surface area contributed by atoms with Crippen LogP contribution in [0.4, 0.5) is 0 Å². The van der Waals surface area contributed by atoms with Crippen molar-refractivity contribution in [3.05, 3.63) is 24.3 Å². The van der Waals surface area contributed by atoms with Crippen LogP contribution in [0.2, 0.25) is 0 Å². The van der Waals surface area contributed by atoms with Crippen LogP contribution in [0.15, 0.2) is 24.3 Å². The average Bonchev–Trinajstić information content (AvgIpc) is 3.48. The van der Waals surface area contributed by atoms with Gasteiger partial charge in [0.25, 0.3) is 0 Å². The first-order valence-corrected chi connectivity index (χ1v) is 37.7. The van der Waals surface area contributed by atoms with Gasteiger partial charge in [-0.05, 0) is 69.1 Å². The number of ether oxygens (including phenoxy) is 4. The molecule has 0 bridgehead atoms. The van der Waals surface area contributed by atoms with E-state index in [1.807, 2.05) is 0 Å². The van der Waals surface area contributed by atoms with Gasteiger partial charge in [0, 0.05) is 25.7 Å². The van der Waals surface area contributed by atoms with Crippen LogP contribution < -0.4 is 0 Å². The fourth-order valence-corrected chi connectivity index (χ4v) is 11.2. The number of allylic oxidation sites excluding steroid dienone is 4. The highest BCUT2D eigenvalue weighted by Crippen LogP contribution is 2.45. The van der Waals surface area contributed by atoms with Gasteiger partial charge >= 0.3 is 39.5 Å². The molecule has 17 nitrogen and oxygen atoms in total. The molecule has 0 spiro atoms. The molecule has 3 N–H and O–H groups in total. The Morgan fingerprint density at radius 2 is 0.678 bits per heavy atom. The minimum absolute atomic E-state index is 0.0833. The van der Waals surface area contributed by atoms with Crippen LogP contribution in [0.1, 0.15) is 312 Å². The number of aliphatic hydroxyl groups excluding tert-OH is 1. The molecule has 0 aliphatic carbocycles. The topological polar surface area (TPSA) is 237 Å². The Kier molecular flexibility index (Phi) is 57.0. The molecule has 87 heavy (non-hydrogen) atoms. The Bertz CT molecular complexity index is 1810. The first kappa shape index (κ1) is 84.5. The highest BCUT2D eigenvalue weighted by molar-refractivity contribution is 7.47. The van der Waals surface area contributed by atoms with E-state index in [9.17, 15) is 43.2 Å². The normalized spacial score (nSPS) is 14.8. The maximum atomic E-state index is 13.0. The number of carbonyl (C=O) groups is 4. The molecule has 0 aromatic rings. The minimum atomic E-state index is -4.96. The number of hydrogen-bond donors (Lipinski definition) is 3. The molecule has 0 aromatic heterocycles. The average molecular weight is 1280 g/mol. The molecule has 0 fully saturated rings. The zero-order chi connectivity index (χ0) is 64.5. The molecule has 0 saturated carbocycles. The van der Waals surface area contributed by atoms with Crippen molar-refractivity contribution < 1.29 is 80.2 Å². The summed E-state index contributed by atoms with van der Waals surface area (Å²) >= 11 is 0. The van der Waals surface area contributed by atoms with Gasteiger partial charge in [-0.3, -0.25) is 37.3 Å². The predicted octanol–water partition coefficient (Wildman–Crippen LogP) is 18.6. The van der Waals surface area contributed by atoms with Crippen molar-refractivity contribution in [2.24, 2.45) is 17.8 Å². The third-order valence-electron chi connectivity index (χ3n) is 15.4. The molecule has 3 unspecified atom stereocenters. The second kappa shape index (κ2) is 58.6. The van der Waals surface area contributed by atoms with Gasteiger partial charge in [-0.15, -0.1) is 0 Å². The Hall–Kier alpha value is -2.46. The quantitative estimate of drug-likeness (QED) is 0.0169. The van der Waals surface area contributed by atoms with E-state index in [-0.39, 0.29) is 25.7 Å². The van der Waals surface area contributed by atoms with Gasteiger partial charge in [0.05, 0.1) is 26.4 Å². The van der Waals surface area contributed by atoms with Crippen LogP contribution in [-0.4, -0.2) is 96.7 Å². The van der Waals surface area contributed by atoms with Crippen molar-refractivity contribution in [2.75, 3.05) is 39.6 Å². The third kappa shape index (κ3) is 60.9. The van der Waals surface area contributed by atoms with E-state index in [0.29, 0.717) is 37.5 Å². The van der Waals surface area contributed by atoms with E-state index in [2.05, 4.69) is 72.8 Å². The number of phosphoric ester groups is 2. The van der Waals surface area contributed by atoms with Gasteiger partial charge in [-0.2, -0.15) is 0 Å². The van der Waals surface area contributed by atoms with Crippen LogP contribution in [0, 0.1) is 17.8 Å². The van der Waals surface area contributed by atoms with Crippen molar-refractivity contribution in [2.45, 2.75) is 330 Å². The largest absolute Gasteiger partial charge is 0.472 e. The summed E-state index contributed by atoms with van der Waals surface area (Å²) in [6.07, 6.45) is 44.2. The van der Waals surface area contributed by atoms with Gasteiger partial charge in [0.1, 0.15) is 19.3 Å². The SMILES string of the molecule is CCCCCC/C=C\C=C/CCCCCCCC(=O)O[C@H](COC(=O)CCCCCCCCC(C)C)COP(=O)(O)OC[C@H](O)COP(=O)(O)OC[C@@H](COC(=O)CCCCCCCCCCCCC(C)CC)OC(=O)CCCCCCCCC(C)C. The highest BCUT2D eigenvalue weighted by atomic mass is 31.2. The molecule has 0 aliphatic rings. The first-order chi connectivity index (χ1) is 41.8. The lowest BCUT2D eigenvalue weighted by Gasteiger charge is -2.21. The molecule has 0 aromatic carbocycles. The van der Waals surface area contributed by atoms with E-state index >= 15 is 0 Å². The number of rotatable bonds is 64. The van der Waals surface area contributed by atoms with Gasteiger partial charge in [0.2, 0.25) is 0 Å². The highest BCUT2D eigenvalue weighted by Gasteiger charge is 2.30. The Morgan fingerprint density at radius 3 is 1.02 bits per heavy atom. The zero-order valence-electron chi connectivity index (χ0n) is 56.0. The number of aliphatic hydroxyl groups is 1. The molecule has 19 heteroatoms. The van der Waals surface area contributed by atoms with Crippen molar-refractivity contribution >= 4 is 39.5 Å². The Labute approximate surface area is 529 Å². The lowest BCUT2D eigenvalue weighted by molar-refractivity contribution is -0.161. The van der Waals surface area contributed by atoms with E-state index in [1.165, 1.54) is 103 Å². The fourth-order valence-electron chi connectivity index (χ4n) is 9.61. The maximum Gasteiger partial charge on any atom is 0.472 e. The van der Waals surface area contributed by atoms with Gasteiger partial charge in [0.15, 0.2) is 12.2 Å². The van der Waals surface area contributed by atoms with Crippen LogP contribution in [0.3, 0.4) is 0 Å². The summed E-state index contributed by atoms with van der Waals surface area (Å²) in [6, 6.07) is 0. The lowest BCUT2D eigenvalue weighted by atomic mass is 9.99. The van der Waals surface area contributed by atoms with Crippen LogP contribution in [0.25, 0.3) is 0 Å². The number of unbranched alkanes of at least 4 members (excludes halogenated alkanes) is 28. The predicted molar refractivity (Wildman–Crippen MR) is 349 cm³/mol. The Balaban J connectivity index is 5.25.